The number of aromatic nitrogens is 3. The number of carbonyl (C=O) groups excluding carboxylic acids is 1. The highest BCUT2D eigenvalue weighted by atomic mass is 16.7. The van der Waals surface area contributed by atoms with E-state index in [9.17, 15) is 4.79 Å². The highest BCUT2D eigenvalue weighted by Gasteiger charge is 2.06. The summed E-state index contributed by atoms with van der Waals surface area (Å²) in [7, 11) is 0. The molecule has 6 heteroatoms. The van der Waals surface area contributed by atoms with Crippen LogP contribution in [0.2, 0.25) is 0 Å². The smallest absolute Gasteiger partial charge is 0.368 e. The fourth-order valence-corrected chi connectivity index (χ4v) is 0.360. The molecule has 1 rings (SSSR count). The Morgan fingerprint density at radius 1 is 1.89 bits per heavy atom. The number of H-pyrrole nitrogens is 1. The number of hydrogen-bond acceptors (Lipinski definition) is 5. The molecule has 0 atom stereocenters. The van der Waals surface area contributed by atoms with Crippen molar-refractivity contribution in [1.82, 2.24) is 15.4 Å². The lowest BCUT2D eigenvalue weighted by atomic mass is 10.5. The second kappa shape index (κ2) is 2.23. The van der Waals surface area contributed by atoms with Crippen LogP contribution in [-0.2, 0) is 4.84 Å². The summed E-state index contributed by atoms with van der Waals surface area (Å²) in [5.41, 5.74) is 0.0671. The number of aromatic amines is 1. The Morgan fingerprint density at radius 3 is 3.11 bits per heavy atom. The average Bonchev–Trinajstić information content (AvgIpc) is 2.37. The van der Waals surface area contributed by atoms with Crippen molar-refractivity contribution in [3.8, 4) is 0 Å². The van der Waals surface area contributed by atoms with Crippen molar-refractivity contribution < 1.29 is 9.63 Å². The van der Waals surface area contributed by atoms with Crippen LogP contribution in [0.25, 0.3) is 0 Å². The van der Waals surface area contributed by atoms with Crippen LogP contribution < -0.4 is 5.90 Å². The Hall–Kier alpha value is -1.43. The highest BCUT2D eigenvalue weighted by molar-refractivity contribution is 5.86. The van der Waals surface area contributed by atoms with E-state index in [-0.39, 0.29) is 5.69 Å². The predicted octanol–water partition coefficient (Wildman–Crippen LogP) is -1.16. The molecule has 3 N–H and O–H groups in total. The number of hydrogen-bond donors (Lipinski definition) is 2. The maximum atomic E-state index is 10.4. The summed E-state index contributed by atoms with van der Waals surface area (Å²) in [5, 5.41) is 8.98. The molecule has 0 bridgehead atoms. The van der Waals surface area contributed by atoms with Gasteiger partial charge in [0, 0.05) is 0 Å². The molecular formula is C3H4N4O2. The van der Waals surface area contributed by atoms with E-state index >= 15 is 0 Å². The van der Waals surface area contributed by atoms with Crippen LogP contribution in [0.3, 0.4) is 0 Å². The molecule has 0 unspecified atom stereocenters. The van der Waals surface area contributed by atoms with Gasteiger partial charge in [0.25, 0.3) is 0 Å². The molecule has 1 aromatic rings. The lowest BCUT2D eigenvalue weighted by Crippen LogP contribution is -2.10. The van der Waals surface area contributed by atoms with Gasteiger partial charge in [0.15, 0.2) is 5.69 Å². The minimum absolute atomic E-state index is 0.0671. The van der Waals surface area contributed by atoms with E-state index in [2.05, 4.69) is 26.1 Å². The van der Waals surface area contributed by atoms with Crippen LogP contribution in [0.1, 0.15) is 10.5 Å². The molecule has 6 nitrogen and oxygen atoms in total. The third-order valence-corrected chi connectivity index (χ3v) is 0.731. The molecule has 0 saturated carbocycles. The molecule has 9 heavy (non-hydrogen) atoms. The molecule has 0 saturated heterocycles. The van der Waals surface area contributed by atoms with Gasteiger partial charge in [0.2, 0.25) is 0 Å². The van der Waals surface area contributed by atoms with E-state index in [0.717, 1.165) is 0 Å². The molecule has 0 radical (unpaired) electrons. The van der Waals surface area contributed by atoms with Gasteiger partial charge >= 0.3 is 5.97 Å². The van der Waals surface area contributed by atoms with Crippen LogP contribution in [-0.4, -0.2) is 21.4 Å². The summed E-state index contributed by atoms with van der Waals surface area (Å²) < 4.78 is 0. The molecule has 0 aliphatic heterocycles. The maximum Gasteiger partial charge on any atom is 0.378 e. The monoisotopic (exact) mass is 128 g/mol. The molecule has 0 spiro atoms. The van der Waals surface area contributed by atoms with Crippen molar-refractivity contribution in [3.63, 3.8) is 0 Å². The Bertz CT molecular complexity index is 194. The summed E-state index contributed by atoms with van der Waals surface area (Å²) >= 11 is 0. The number of nitrogens with two attached hydrogens (primary N) is 1. The summed E-state index contributed by atoms with van der Waals surface area (Å²) in [5.74, 6) is 3.83. The van der Waals surface area contributed by atoms with Gasteiger partial charge in [-0.1, -0.05) is 0 Å². The Morgan fingerprint density at radius 2 is 2.67 bits per heavy atom. The molecule has 0 fully saturated rings. The highest BCUT2D eigenvalue weighted by Crippen LogP contribution is 1.88. The summed E-state index contributed by atoms with van der Waals surface area (Å²) in [6, 6.07) is 0. The first kappa shape index (κ1) is 5.70. The molecule has 0 amide bonds. The molecule has 0 aromatic carbocycles. The third kappa shape index (κ3) is 1.03. The molecule has 1 heterocycles. The molecular weight excluding hydrogens is 124 g/mol. The van der Waals surface area contributed by atoms with Gasteiger partial charge in [-0.25, -0.2) is 4.79 Å². The van der Waals surface area contributed by atoms with E-state index in [1.165, 1.54) is 6.20 Å². The van der Waals surface area contributed by atoms with Gasteiger partial charge in [-0.05, 0) is 0 Å². The van der Waals surface area contributed by atoms with Gasteiger partial charge in [-0.3, -0.25) is 0 Å². The zero-order valence-electron chi connectivity index (χ0n) is 4.37. The van der Waals surface area contributed by atoms with Gasteiger partial charge in [-0.2, -0.15) is 16.2 Å². The average molecular weight is 128 g/mol. The van der Waals surface area contributed by atoms with Crippen LogP contribution in [0.15, 0.2) is 6.20 Å². The van der Waals surface area contributed by atoms with Crippen molar-refractivity contribution >= 4 is 5.97 Å². The van der Waals surface area contributed by atoms with E-state index in [4.69, 9.17) is 0 Å². The molecule has 0 aliphatic carbocycles. The zero-order valence-corrected chi connectivity index (χ0v) is 4.37. The third-order valence-electron chi connectivity index (χ3n) is 0.731. The number of carbonyl (C=O) groups is 1. The summed E-state index contributed by atoms with van der Waals surface area (Å²) in [6.07, 6.45) is 1.22. The van der Waals surface area contributed by atoms with Crippen molar-refractivity contribution in [3.05, 3.63) is 11.9 Å². The Labute approximate surface area is 50.0 Å². The van der Waals surface area contributed by atoms with Gasteiger partial charge in [-0.15, -0.1) is 5.10 Å². The first-order valence-corrected chi connectivity index (χ1v) is 2.11. The van der Waals surface area contributed by atoms with E-state index in [1.807, 2.05) is 0 Å². The first-order valence-electron chi connectivity index (χ1n) is 2.11. The molecule has 0 aliphatic rings. The lowest BCUT2D eigenvalue weighted by molar-refractivity contribution is 0.0496. The van der Waals surface area contributed by atoms with Crippen molar-refractivity contribution in [1.29, 1.82) is 0 Å². The van der Waals surface area contributed by atoms with Gasteiger partial charge in [0.05, 0.1) is 6.20 Å². The van der Waals surface area contributed by atoms with Crippen LogP contribution >= 0.6 is 0 Å². The zero-order chi connectivity index (χ0) is 6.69. The first-order chi connectivity index (χ1) is 4.34. The molecule has 1 aromatic heterocycles. The Balaban J connectivity index is 2.77. The lowest BCUT2D eigenvalue weighted by Gasteiger charge is -1.86. The summed E-state index contributed by atoms with van der Waals surface area (Å²) in [6.45, 7) is 0. The van der Waals surface area contributed by atoms with Crippen molar-refractivity contribution in [2.45, 2.75) is 0 Å². The van der Waals surface area contributed by atoms with E-state index in [0.29, 0.717) is 0 Å². The standard InChI is InChI=1S/C3H4N4O2/c4-9-3(8)2-1-5-7-6-2/h1H,4H2,(H,5,6,7). The van der Waals surface area contributed by atoms with E-state index < -0.39 is 5.97 Å². The maximum absolute atomic E-state index is 10.4. The fourth-order valence-electron chi connectivity index (χ4n) is 0.360. The minimum Gasteiger partial charge on any atom is -0.368 e. The summed E-state index contributed by atoms with van der Waals surface area (Å²) in [4.78, 5) is 14.2. The van der Waals surface area contributed by atoms with Crippen LogP contribution in [0.5, 0.6) is 0 Å². The quantitative estimate of drug-likeness (QED) is 0.465. The molecule has 48 valence electrons. The predicted molar refractivity (Wildman–Crippen MR) is 26.0 cm³/mol. The van der Waals surface area contributed by atoms with Crippen LogP contribution in [0.4, 0.5) is 0 Å². The van der Waals surface area contributed by atoms with E-state index in [1.54, 1.807) is 0 Å². The largest absolute Gasteiger partial charge is 0.378 e. The number of rotatable bonds is 1. The van der Waals surface area contributed by atoms with Gasteiger partial charge in [0.1, 0.15) is 0 Å². The topological polar surface area (TPSA) is 93.9 Å². The normalized spacial score (nSPS) is 9.00. The number of nitrogens with zero attached hydrogens (tertiary/aromatic N) is 2. The Kier molecular flexibility index (Phi) is 1.41. The minimum atomic E-state index is -0.705. The number of nitrogens with one attached hydrogen (secondary N) is 1. The van der Waals surface area contributed by atoms with Crippen LogP contribution in [0, 0.1) is 0 Å². The van der Waals surface area contributed by atoms with Crippen molar-refractivity contribution in [2.75, 3.05) is 0 Å². The second-order valence-electron chi connectivity index (χ2n) is 1.26. The fraction of sp³-hybridized carbons (Fsp3) is 0. The SMILES string of the molecule is NOC(=O)c1cn[nH]n1. The second-order valence-corrected chi connectivity index (χ2v) is 1.26. The van der Waals surface area contributed by atoms with Crippen molar-refractivity contribution in [2.24, 2.45) is 5.90 Å². The van der Waals surface area contributed by atoms with Gasteiger partial charge < -0.3 is 4.84 Å².